The molecular formula is C19H23N5O. The highest BCUT2D eigenvalue weighted by Gasteiger charge is 2.25. The van der Waals surface area contributed by atoms with Crippen LogP contribution in [-0.2, 0) is 13.0 Å². The van der Waals surface area contributed by atoms with Crippen molar-refractivity contribution in [1.82, 2.24) is 25.1 Å². The minimum Gasteiger partial charge on any atom is -0.342 e. The van der Waals surface area contributed by atoms with Gasteiger partial charge in [0.25, 0.3) is 5.91 Å². The number of nitrogens with zero attached hydrogens (tertiary/aromatic N) is 3. The molecule has 1 amide bonds. The smallest absolute Gasteiger partial charge is 0.255 e. The second kappa shape index (κ2) is 6.35. The first-order chi connectivity index (χ1) is 12.1. The Bertz CT molecular complexity index is 875. The maximum atomic E-state index is 12.9. The SMILES string of the molecule is CC(C)[C@@H](NC(=O)c1cnn2c1CCCC2)c1nc2ccccc2[nH]1. The van der Waals surface area contributed by atoms with E-state index in [1.807, 2.05) is 28.9 Å². The number of carbonyl (C=O) groups is 1. The van der Waals surface area contributed by atoms with E-state index in [2.05, 4.69) is 34.2 Å². The fraction of sp³-hybridized carbons (Fsp3) is 0.421. The Kier molecular flexibility index (Phi) is 4.03. The van der Waals surface area contributed by atoms with Gasteiger partial charge in [-0.1, -0.05) is 26.0 Å². The zero-order valence-electron chi connectivity index (χ0n) is 14.6. The van der Waals surface area contributed by atoms with E-state index < -0.39 is 0 Å². The normalized spacial score (nSPS) is 15.3. The summed E-state index contributed by atoms with van der Waals surface area (Å²) in [6, 6.07) is 7.75. The van der Waals surface area contributed by atoms with E-state index in [9.17, 15) is 4.79 Å². The van der Waals surface area contributed by atoms with E-state index in [1.165, 1.54) is 0 Å². The number of hydrogen-bond donors (Lipinski definition) is 2. The average molecular weight is 337 g/mol. The van der Waals surface area contributed by atoms with Gasteiger partial charge in [-0.25, -0.2) is 4.98 Å². The number of aromatic amines is 1. The quantitative estimate of drug-likeness (QED) is 0.767. The van der Waals surface area contributed by atoms with E-state index in [0.29, 0.717) is 5.56 Å². The predicted octanol–water partition coefficient (Wildman–Crippen LogP) is 3.22. The molecule has 1 aliphatic rings. The molecule has 2 N–H and O–H groups in total. The highest BCUT2D eigenvalue weighted by molar-refractivity contribution is 5.95. The number of rotatable bonds is 4. The average Bonchev–Trinajstić information content (AvgIpc) is 3.23. The van der Waals surface area contributed by atoms with Gasteiger partial charge in [-0.05, 0) is 37.3 Å². The Morgan fingerprint density at radius 1 is 1.28 bits per heavy atom. The van der Waals surface area contributed by atoms with Crippen molar-refractivity contribution in [3.05, 3.63) is 47.5 Å². The molecule has 130 valence electrons. The number of H-pyrrole nitrogens is 1. The maximum Gasteiger partial charge on any atom is 0.255 e. The molecule has 0 bridgehead atoms. The molecule has 2 aromatic heterocycles. The summed E-state index contributed by atoms with van der Waals surface area (Å²) < 4.78 is 1.96. The topological polar surface area (TPSA) is 75.6 Å². The standard InChI is InChI=1S/C19H23N5O/c1-12(2)17(18-21-14-7-3-4-8-15(14)22-18)23-19(25)13-11-20-24-10-6-5-9-16(13)24/h3-4,7-8,11-12,17H,5-6,9-10H2,1-2H3,(H,21,22)(H,23,25)/t17-/m1/s1. The Hall–Kier alpha value is -2.63. The van der Waals surface area contributed by atoms with Crippen LogP contribution in [0.4, 0.5) is 0 Å². The Morgan fingerprint density at radius 3 is 2.92 bits per heavy atom. The van der Waals surface area contributed by atoms with Crippen LogP contribution < -0.4 is 5.32 Å². The summed E-state index contributed by atoms with van der Waals surface area (Å²) in [5, 5.41) is 7.53. The van der Waals surface area contributed by atoms with Crippen LogP contribution in [0.15, 0.2) is 30.5 Å². The molecule has 1 aromatic carbocycles. The molecule has 6 nitrogen and oxygen atoms in total. The van der Waals surface area contributed by atoms with E-state index in [0.717, 1.165) is 48.4 Å². The second-order valence-corrected chi connectivity index (χ2v) is 7.02. The molecule has 0 radical (unpaired) electrons. The molecule has 0 fully saturated rings. The minimum absolute atomic E-state index is 0.0673. The number of amides is 1. The summed E-state index contributed by atoms with van der Waals surface area (Å²) in [7, 11) is 0. The summed E-state index contributed by atoms with van der Waals surface area (Å²) in [5.74, 6) is 0.948. The molecule has 0 aliphatic carbocycles. The molecule has 0 unspecified atom stereocenters. The maximum absolute atomic E-state index is 12.9. The molecule has 1 aliphatic heterocycles. The number of aryl methyl sites for hydroxylation is 1. The Balaban J connectivity index is 1.61. The number of carbonyl (C=O) groups excluding carboxylic acids is 1. The number of benzene rings is 1. The monoisotopic (exact) mass is 337 g/mol. The lowest BCUT2D eigenvalue weighted by Crippen LogP contribution is -2.33. The summed E-state index contributed by atoms with van der Waals surface area (Å²) in [5.41, 5.74) is 3.65. The van der Waals surface area contributed by atoms with E-state index in [1.54, 1.807) is 6.20 Å². The summed E-state index contributed by atoms with van der Waals surface area (Å²) in [6.07, 6.45) is 4.86. The van der Waals surface area contributed by atoms with Crippen LogP contribution in [0.2, 0.25) is 0 Å². The number of nitrogens with one attached hydrogen (secondary N) is 2. The van der Waals surface area contributed by atoms with Crippen molar-refractivity contribution >= 4 is 16.9 Å². The zero-order chi connectivity index (χ0) is 17.4. The van der Waals surface area contributed by atoms with E-state index in [4.69, 9.17) is 0 Å². The third-order valence-electron chi connectivity index (χ3n) is 4.88. The Labute approximate surface area is 146 Å². The van der Waals surface area contributed by atoms with Gasteiger partial charge in [-0.3, -0.25) is 9.48 Å². The predicted molar refractivity (Wildman–Crippen MR) is 96.3 cm³/mol. The number of para-hydroxylation sites is 2. The van der Waals surface area contributed by atoms with Crippen LogP contribution in [-0.4, -0.2) is 25.7 Å². The van der Waals surface area contributed by atoms with Gasteiger partial charge in [0, 0.05) is 6.54 Å². The van der Waals surface area contributed by atoms with Crippen LogP contribution in [0.1, 0.15) is 54.6 Å². The molecule has 3 heterocycles. The van der Waals surface area contributed by atoms with Crippen molar-refractivity contribution in [2.45, 2.75) is 45.7 Å². The van der Waals surface area contributed by atoms with Crippen molar-refractivity contribution < 1.29 is 4.79 Å². The second-order valence-electron chi connectivity index (χ2n) is 7.02. The number of imidazole rings is 1. The molecule has 0 saturated heterocycles. The summed E-state index contributed by atoms with van der Waals surface area (Å²) >= 11 is 0. The first-order valence-corrected chi connectivity index (χ1v) is 8.93. The highest BCUT2D eigenvalue weighted by Crippen LogP contribution is 2.24. The van der Waals surface area contributed by atoms with Gasteiger partial charge in [0.15, 0.2) is 0 Å². The third kappa shape index (κ3) is 2.92. The van der Waals surface area contributed by atoms with Gasteiger partial charge >= 0.3 is 0 Å². The lowest BCUT2D eigenvalue weighted by molar-refractivity contribution is 0.0922. The molecule has 6 heteroatoms. The van der Waals surface area contributed by atoms with Crippen molar-refractivity contribution in [2.75, 3.05) is 0 Å². The molecule has 3 aromatic rings. The fourth-order valence-corrected chi connectivity index (χ4v) is 3.50. The van der Waals surface area contributed by atoms with Gasteiger partial charge in [0.05, 0.1) is 34.5 Å². The molecular weight excluding hydrogens is 314 g/mol. The van der Waals surface area contributed by atoms with Crippen LogP contribution in [0.5, 0.6) is 0 Å². The lowest BCUT2D eigenvalue weighted by atomic mass is 10.0. The van der Waals surface area contributed by atoms with Gasteiger partial charge in [-0.15, -0.1) is 0 Å². The van der Waals surface area contributed by atoms with Crippen molar-refractivity contribution in [3.63, 3.8) is 0 Å². The van der Waals surface area contributed by atoms with E-state index in [-0.39, 0.29) is 17.9 Å². The van der Waals surface area contributed by atoms with Crippen molar-refractivity contribution in [1.29, 1.82) is 0 Å². The summed E-state index contributed by atoms with van der Waals surface area (Å²) in [6.45, 7) is 5.08. The molecule has 4 rings (SSSR count). The molecule has 25 heavy (non-hydrogen) atoms. The van der Waals surface area contributed by atoms with Crippen LogP contribution in [0.3, 0.4) is 0 Å². The molecule has 0 spiro atoms. The van der Waals surface area contributed by atoms with Crippen molar-refractivity contribution in [2.24, 2.45) is 5.92 Å². The fourth-order valence-electron chi connectivity index (χ4n) is 3.50. The lowest BCUT2D eigenvalue weighted by Gasteiger charge is -2.21. The van der Waals surface area contributed by atoms with E-state index >= 15 is 0 Å². The number of fused-ring (bicyclic) bond motifs is 2. The van der Waals surface area contributed by atoms with Crippen LogP contribution in [0.25, 0.3) is 11.0 Å². The largest absolute Gasteiger partial charge is 0.342 e. The van der Waals surface area contributed by atoms with Crippen molar-refractivity contribution in [3.8, 4) is 0 Å². The zero-order valence-corrected chi connectivity index (χ0v) is 14.6. The minimum atomic E-state index is -0.168. The van der Waals surface area contributed by atoms with Gasteiger partial charge in [0.1, 0.15) is 5.82 Å². The molecule has 0 saturated carbocycles. The summed E-state index contributed by atoms with van der Waals surface area (Å²) in [4.78, 5) is 20.9. The first-order valence-electron chi connectivity index (χ1n) is 8.93. The van der Waals surface area contributed by atoms with Crippen LogP contribution >= 0.6 is 0 Å². The van der Waals surface area contributed by atoms with Gasteiger partial charge in [0.2, 0.25) is 0 Å². The highest BCUT2D eigenvalue weighted by atomic mass is 16.1. The third-order valence-corrected chi connectivity index (χ3v) is 4.88. The van der Waals surface area contributed by atoms with Gasteiger partial charge in [-0.2, -0.15) is 5.10 Å². The van der Waals surface area contributed by atoms with Crippen LogP contribution in [0, 0.1) is 5.92 Å². The first kappa shape index (κ1) is 15.9. The number of hydrogen-bond acceptors (Lipinski definition) is 3. The number of aromatic nitrogens is 4. The van der Waals surface area contributed by atoms with Gasteiger partial charge < -0.3 is 10.3 Å². The Morgan fingerprint density at radius 2 is 2.12 bits per heavy atom. The molecule has 1 atom stereocenters.